The highest BCUT2D eigenvalue weighted by Crippen LogP contribution is 2.45. The van der Waals surface area contributed by atoms with Crippen LogP contribution in [0.15, 0.2) is 42.7 Å². The minimum absolute atomic E-state index is 0.0419. The Hall–Kier alpha value is -2.51. The number of ether oxygens (including phenoxy) is 2. The van der Waals surface area contributed by atoms with Crippen LogP contribution in [0.1, 0.15) is 17.2 Å². The Balaban J connectivity index is 1.54. The first-order chi connectivity index (χ1) is 14.1. The van der Waals surface area contributed by atoms with E-state index in [1.54, 1.807) is 25.4 Å². The van der Waals surface area contributed by atoms with Crippen LogP contribution >= 0.6 is 0 Å². The van der Waals surface area contributed by atoms with Gasteiger partial charge in [-0.2, -0.15) is 0 Å². The summed E-state index contributed by atoms with van der Waals surface area (Å²) in [7, 11) is 3.16. The van der Waals surface area contributed by atoms with Crippen LogP contribution in [0.5, 0.6) is 5.75 Å². The third-order valence-electron chi connectivity index (χ3n) is 5.93. The molecule has 0 N–H and O–H groups in total. The topological polar surface area (TPSA) is 54.9 Å². The van der Waals surface area contributed by atoms with E-state index in [0.717, 1.165) is 36.5 Å². The van der Waals surface area contributed by atoms with Crippen LogP contribution in [-0.2, 0) is 16.1 Å². The van der Waals surface area contributed by atoms with Crippen molar-refractivity contribution in [2.75, 3.05) is 40.5 Å². The van der Waals surface area contributed by atoms with Crippen molar-refractivity contribution in [3.8, 4) is 5.75 Å². The van der Waals surface area contributed by atoms with E-state index in [-0.39, 0.29) is 30.3 Å². The van der Waals surface area contributed by atoms with Crippen molar-refractivity contribution in [1.29, 1.82) is 0 Å². The maximum Gasteiger partial charge on any atom is 0.249 e. The second-order valence-electron chi connectivity index (χ2n) is 7.83. The van der Waals surface area contributed by atoms with E-state index in [1.165, 1.54) is 13.2 Å². The number of methoxy groups -OCH3 is 2. The smallest absolute Gasteiger partial charge is 0.249 e. The first kappa shape index (κ1) is 19.8. The van der Waals surface area contributed by atoms with Crippen molar-refractivity contribution in [3.05, 3.63) is 59.7 Å². The molecule has 0 radical (unpaired) electrons. The largest absolute Gasteiger partial charge is 0.495 e. The van der Waals surface area contributed by atoms with Crippen LogP contribution in [-0.4, -0.2) is 61.2 Å². The number of aromatic nitrogens is 1. The number of halogens is 1. The van der Waals surface area contributed by atoms with Gasteiger partial charge >= 0.3 is 0 Å². The molecular weight excluding hydrogens is 373 g/mol. The van der Waals surface area contributed by atoms with E-state index in [9.17, 15) is 9.18 Å². The second-order valence-corrected chi connectivity index (χ2v) is 7.83. The molecule has 2 aliphatic rings. The van der Waals surface area contributed by atoms with Gasteiger partial charge in [0.2, 0.25) is 5.91 Å². The number of hydrogen-bond donors (Lipinski definition) is 0. The lowest BCUT2D eigenvalue weighted by molar-refractivity contribution is -0.136. The molecule has 0 bridgehead atoms. The Labute approximate surface area is 170 Å². The maximum atomic E-state index is 13.9. The Bertz CT molecular complexity index is 878. The quantitative estimate of drug-likeness (QED) is 0.747. The third kappa shape index (κ3) is 4.11. The predicted molar refractivity (Wildman–Crippen MR) is 106 cm³/mol. The van der Waals surface area contributed by atoms with Gasteiger partial charge in [0.15, 0.2) is 0 Å². The average molecular weight is 399 g/mol. The van der Waals surface area contributed by atoms with Gasteiger partial charge in [0, 0.05) is 45.4 Å². The van der Waals surface area contributed by atoms with Gasteiger partial charge in [0.05, 0.1) is 19.3 Å². The van der Waals surface area contributed by atoms with E-state index >= 15 is 0 Å². The van der Waals surface area contributed by atoms with Crippen molar-refractivity contribution in [2.24, 2.45) is 11.8 Å². The van der Waals surface area contributed by atoms with Crippen LogP contribution in [0.2, 0.25) is 0 Å². The normalized spacial score (nSPS) is 24.0. The van der Waals surface area contributed by atoms with Gasteiger partial charge in [0.1, 0.15) is 18.2 Å². The van der Waals surface area contributed by atoms with Gasteiger partial charge in [-0.15, -0.1) is 0 Å². The number of pyridine rings is 1. The Morgan fingerprint density at radius 3 is 2.83 bits per heavy atom. The standard InChI is InChI=1S/C22H26FN3O3/c1-28-14-21(27)26-12-17-11-25(10-15-6-19(29-2)9-24-8-15)13-20(17)22(26)16-4-3-5-18(23)7-16/h3-9,17,20,22H,10-14H2,1-2H3/t17-,20-,22+/m1/s1. The summed E-state index contributed by atoms with van der Waals surface area (Å²) in [4.78, 5) is 21.2. The highest BCUT2D eigenvalue weighted by Gasteiger charge is 2.48. The Kier molecular flexibility index (Phi) is 5.78. The summed E-state index contributed by atoms with van der Waals surface area (Å²) in [5.74, 6) is 1.04. The molecular formula is C22H26FN3O3. The van der Waals surface area contributed by atoms with Crippen molar-refractivity contribution in [1.82, 2.24) is 14.8 Å². The number of rotatable bonds is 6. The summed E-state index contributed by atoms with van der Waals surface area (Å²) >= 11 is 0. The van der Waals surface area contributed by atoms with Gasteiger partial charge in [-0.05, 0) is 35.2 Å². The van der Waals surface area contributed by atoms with Crippen molar-refractivity contribution in [2.45, 2.75) is 12.6 Å². The number of hydrogen-bond acceptors (Lipinski definition) is 5. The molecule has 3 heterocycles. The van der Waals surface area contributed by atoms with Crippen molar-refractivity contribution < 1.29 is 18.7 Å². The van der Waals surface area contributed by atoms with Crippen molar-refractivity contribution >= 4 is 5.91 Å². The second kappa shape index (κ2) is 8.47. The molecule has 0 saturated carbocycles. The molecule has 6 nitrogen and oxygen atoms in total. The van der Waals surface area contributed by atoms with Crippen LogP contribution in [0.4, 0.5) is 4.39 Å². The Morgan fingerprint density at radius 2 is 2.07 bits per heavy atom. The van der Waals surface area contributed by atoms with Gasteiger partial charge < -0.3 is 14.4 Å². The van der Waals surface area contributed by atoms with E-state index in [1.807, 2.05) is 23.2 Å². The van der Waals surface area contributed by atoms with E-state index < -0.39 is 0 Å². The van der Waals surface area contributed by atoms with Crippen LogP contribution in [0, 0.1) is 17.7 Å². The van der Waals surface area contributed by atoms with Crippen LogP contribution in [0.3, 0.4) is 0 Å². The molecule has 2 saturated heterocycles. The number of amides is 1. The lowest BCUT2D eigenvalue weighted by Crippen LogP contribution is -2.37. The fourth-order valence-electron chi connectivity index (χ4n) is 4.77. The molecule has 29 heavy (non-hydrogen) atoms. The van der Waals surface area contributed by atoms with Crippen molar-refractivity contribution in [3.63, 3.8) is 0 Å². The summed E-state index contributed by atoms with van der Waals surface area (Å²) in [5.41, 5.74) is 1.95. The number of nitrogens with zero attached hydrogens (tertiary/aromatic N) is 3. The molecule has 154 valence electrons. The summed E-state index contributed by atoms with van der Waals surface area (Å²) in [5, 5.41) is 0. The summed E-state index contributed by atoms with van der Waals surface area (Å²) in [6.07, 6.45) is 3.55. The monoisotopic (exact) mass is 399 g/mol. The summed E-state index contributed by atoms with van der Waals surface area (Å²) in [6.45, 7) is 3.23. The summed E-state index contributed by atoms with van der Waals surface area (Å²) < 4.78 is 24.3. The predicted octanol–water partition coefficient (Wildman–Crippen LogP) is 2.51. The molecule has 1 aromatic heterocycles. The minimum atomic E-state index is -0.276. The third-order valence-corrected chi connectivity index (χ3v) is 5.93. The molecule has 0 unspecified atom stereocenters. The van der Waals surface area contributed by atoms with Gasteiger partial charge in [0.25, 0.3) is 0 Å². The zero-order chi connectivity index (χ0) is 20.4. The zero-order valence-electron chi connectivity index (χ0n) is 16.8. The lowest BCUT2D eigenvalue weighted by atomic mass is 9.89. The molecule has 2 fully saturated rings. The fraction of sp³-hybridized carbons (Fsp3) is 0.455. The highest BCUT2D eigenvalue weighted by atomic mass is 19.1. The molecule has 1 amide bonds. The molecule has 7 heteroatoms. The lowest BCUT2D eigenvalue weighted by Gasteiger charge is -2.30. The van der Waals surface area contributed by atoms with E-state index in [2.05, 4.69) is 9.88 Å². The van der Waals surface area contributed by atoms with E-state index in [0.29, 0.717) is 12.5 Å². The molecule has 1 aromatic carbocycles. The molecule has 2 aliphatic heterocycles. The minimum Gasteiger partial charge on any atom is -0.495 e. The first-order valence-corrected chi connectivity index (χ1v) is 9.83. The van der Waals surface area contributed by atoms with Gasteiger partial charge in [-0.1, -0.05) is 12.1 Å². The van der Waals surface area contributed by atoms with Crippen LogP contribution in [0.25, 0.3) is 0 Å². The van der Waals surface area contributed by atoms with E-state index in [4.69, 9.17) is 9.47 Å². The SMILES string of the molecule is COCC(=O)N1C[C@H]2CN(Cc3cncc(OC)c3)C[C@H]2[C@@H]1c1cccc(F)c1. The molecule has 2 aromatic rings. The molecule has 0 aliphatic carbocycles. The molecule has 0 spiro atoms. The first-order valence-electron chi connectivity index (χ1n) is 9.83. The average Bonchev–Trinajstić information content (AvgIpc) is 3.25. The zero-order valence-corrected chi connectivity index (χ0v) is 16.8. The molecule has 3 atom stereocenters. The highest BCUT2D eigenvalue weighted by molar-refractivity contribution is 5.78. The Morgan fingerprint density at radius 1 is 1.21 bits per heavy atom. The fourth-order valence-corrected chi connectivity index (χ4v) is 4.77. The van der Waals surface area contributed by atoms with Gasteiger partial charge in [-0.3, -0.25) is 14.7 Å². The number of fused-ring (bicyclic) bond motifs is 1. The molecule has 4 rings (SSSR count). The maximum absolute atomic E-state index is 13.9. The number of likely N-dealkylation sites (tertiary alicyclic amines) is 2. The number of benzene rings is 1. The van der Waals surface area contributed by atoms with Crippen LogP contribution < -0.4 is 4.74 Å². The number of carbonyl (C=O) groups is 1. The van der Waals surface area contributed by atoms with Gasteiger partial charge in [-0.25, -0.2) is 4.39 Å². The summed E-state index contributed by atoms with van der Waals surface area (Å²) in [6, 6.07) is 8.48. The number of carbonyl (C=O) groups excluding carboxylic acids is 1.